The van der Waals surface area contributed by atoms with E-state index in [2.05, 4.69) is 62.5 Å². The van der Waals surface area contributed by atoms with E-state index in [-0.39, 0.29) is 13.0 Å². The summed E-state index contributed by atoms with van der Waals surface area (Å²) in [5.41, 5.74) is 0. The first-order valence-corrected chi connectivity index (χ1v) is 32.0. The van der Waals surface area contributed by atoms with Crippen LogP contribution in [0.4, 0.5) is 0 Å². The van der Waals surface area contributed by atoms with Crippen molar-refractivity contribution in [3.05, 3.63) is 48.6 Å². The standard InChI is InChI=1S/C61H113O12P/c1-3-5-7-9-11-13-15-17-19-21-23-25-27-29-31-33-35-37-39-41-43-45-47-49-51-70-52-54(53-71-74(68,69)73-61-59(66)57(64)56(63)58(65)60(61)67)72-55(62)50-48-46-44-42-40-38-36-34-32-30-28-26-24-22-20-18-16-14-12-10-8-6-4-2/h6,8,12,14,18,20,24,26,54,56-61,63-67H,3-5,7,9-11,13,15-17,19,21-23,25,27-53H2,1-2H3,(H,68,69)/b8-6-,14-12-,20-18-,26-24-. The number of aliphatic hydroxyl groups is 5. The van der Waals surface area contributed by atoms with Gasteiger partial charge in [-0.1, -0.05) is 262 Å². The van der Waals surface area contributed by atoms with Crippen molar-refractivity contribution in [3.8, 4) is 0 Å². The number of phosphoric ester groups is 1. The summed E-state index contributed by atoms with van der Waals surface area (Å²) in [6, 6.07) is 0. The maximum absolute atomic E-state index is 12.9. The van der Waals surface area contributed by atoms with Gasteiger partial charge in [-0.25, -0.2) is 4.57 Å². The number of aliphatic hydroxyl groups excluding tert-OH is 5. The lowest BCUT2D eigenvalue weighted by Crippen LogP contribution is -2.64. The molecule has 74 heavy (non-hydrogen) atoms. The van der Waals surface area contributed by atoms with E-state index in [0.717, 1.165) is 70.6 Å². The van der Waals surface area contributed by atoms with Gasteiger partial charge in [-0.15, -0.1) is 0 Å². The number of esters is 1. The third-order valence-corrected chi connectivity index (χ3v) is 15.2. The van der Waals surface area contributed by atoms with Crippen LogP contribution in [0, 0.1) is 0 Å². The number of hydrogen-bond donors (Lipinski definition) is 6. The molecule has 6 unspecified atom stereocenters. The van der Waals surface area contributed by atoms with Gasteiger partial charge in [0.15, 0.2) is 0 Å². The van der Waals surface area contributed by atoms with Gasteiger partial charge in [-0.2, -0.15) is 0 Å². The maximum Gasteiger partial charge on any atom is 0.472 e. The van der Waals surface area contributed by atoms with Crippen LogP contribution in [0.15, 0.2) is 48.6 Å². The molecule has 1 aliphatic rings. The van der Waals surface area contributed by atoms with Gasteiger partial charge >= 0.3 is 13.8 Å². The van der Waals surface area contributed by atoms with Crippen molar-refractivity contribution in [2.75, 3.05) is 19.8 Å². The molecule has 13 heteroatoms. The molecule has 0 aromatic rings. The van der Waals surface area contributed by atoms with Gasteiger partial charge in [0.1, 0.15) is 42.7 Å². The molecule has 12 nitrogen and oxygen atoms in total. The van der Waals surface area contributed by atoms with Crippen LogP contribution in [-0.4, -0.2) is 98.9 Å². The smallest absolute Gasteiger partial charge is 0.457 e. The summed E-state index contributed by atoms with van der Waals surface area (Å²) >= 11 is 0. The average Bonchev–Trinajstić information content (AvgIpc) is 3.39. The zero-order valence-electron chi connectivity index (χ0n) is 47.1. The predicted octanol–water partition coefficient (Wildman–Crippen LogP) is 15.1. The first kappa shape index (κ1) is 70.3. The SMILES string of the molecule is CC/C=C\C/C=C\C/C=C\C/C=C\CCCCCCCCCCCCC(=O)OC(COCCCCCCCCCCCCCCCCCCCCCCCCCC)COP(=O)(O)OC1C(O)C(O)C(O)C(O)C1O. The van der Waals surface area contributed by atoms with Gasteiger partial charge in [0.2, 0.25) is 0 Å². The molecule has 0 radical (unpaired) electrons. The highest BCUT2D eigenvalue weighted by molar-refractivity contribution is 7.47. The van der Waals surface area contributed by atoms with Gasteiger partial charge in [0, 0.05) is 13.0 Å². The monoisotopic (exact) mass is 1070 g/mol. The van der Waals surface area contributed by atoms with Crippen LogP contribution in [-0.2, 0) is 27.9 Å². The second kappa shape index (κ2) is 50.8. The average molecular weight is 1070 g/mol. The normalized spacial score (nSPS) is 20.7. The molecule has 1 aliphatic carbocycles. The fourth-order valence-electron chi connectivity index (χ4n) is 9.47. The Morgan fingerprint density at radius 3 is 1.22 bits per heavy atom. The van der Waals surface area contributed by atoms with Gasteiger partial charge in [-0.05, 0) is 51.4 Å². The zero-order chi connectivity index (χ0) is 54.0. The first-order valence-electron chi connectivity index (χ1n) is 30.5. The van der Waals surface area contributed by atoms with E-state index in [1.54, 1.807) is 0 Å². The predicted molar refractivity (Wildman–Crippen MR) is 304 cm³/mol. The Morgan fingerprint density at radius 1 is 0.446 bits per heavy atom. The molecule has 0 heterocycles. The molecular weight excluding hydrogens is 956 g/mol. The Morgan fingerprint density at radius 2 is 0.797 bits per heavy atom. The summed E-state index contributed by atoms with van der Waals surface area (Å²) in [6.07, 6.45) is 53.3. The highest BCUT2D eigenvalue weighted by atomic mass is 31.2. The fourth-order valence-corrected chi connectivity index (χ4v) is 10.4. The lowest BCUT2D eigenvalue weighted by molar-refractivity contribution is -0.220. The number of phosphoric acid groups is 1. The number of carbonyl (C=O) groups is 1. The molecule has 6 N–H and O–H groups in total. The molecule has 1 rings (SSSR count). The molecule has 6 atom stereocenters. The topological polar surface area (TPSA) is 192 Å². The summed E-state index contributed by atoms with van der Waals surface area (Å²) in [4.78, 5) is 23.4. The van der Waals surface area contributed by atoms with Crippen LogP contribution in [0.2, 0.25) is 0 Å². The maximum atomic E-state index is 12.9. The van der Waals surface area contributed by atoms with Crippen molar-refractivity contribution >= 4 is 13.8 Å². The lowest BCUT2D eigenvalue weighted by atomic mass is 9.85. The van der Waals surface area contributed by atoms with Crippen LogP contribution in [0.25, 0.3) is 0 Å². The van der Waals surface area contributed by atoms with Gasteiger partial charge in [-0.3, -0.25) is 13.8 Å². The summed E-state index contributed by atoms with van der Waals surface area (Å²) < 4.78 is 34.5. The largest absolute Gasteiger partial charge is 0.472 e. The summed E-state index contributed by atoms with van der Waals surface area (Å²) in [6.45, 7) is 4.20. The van der Waals surface area contributed by atoms with Crippen molar-refractivity contribution in [2.24, 2.45) is 0 Å². The minimum Gasteiger partial charge on any atom is -0.457 e. The van der Waals surface area contributed by atoms with Gasteiger partial charge < -0.3 is 39.9 Å². The van der Waals surface area contributed by atoms with Crippen molar-refractivity contribution in [1.29, 1.82) is 0 Å². The molecule has 0 aromatic heterocycles. The third kappa shape index (κ3) is 41.4. The van der Waals surface area contributed by atoms with E-state index in [0.29, 0.717) is 13.0 Å². The third-order valence-electron chi connectivity index (χ3n) is 14.2. The van der Waals surface area contributed by atoms with E-state index in [1.165, 1.54) is 173 Å². The van der Waals surface area contributed by atoms with E-state index in [4.69, 9.17) is 18.5 Å². The van der Waals surface area contributed by atoms with E-state index in [9.17, 15) is 39.8 Å². The van der Waals surface area contributed by atoms with Crippen LogP contribution in [0.1, 0.15) is 271 Å². The number of hydrogen-bond acceptors (Lipinski definition) is 11. The molecule has 0 aromatic carbocycles. The fraction of sp³-hybridized carbons (Fsp3) is 0.852. The molecule has 434 valence electrons. The summed E-state index contributed by atoms with van der Waals surface area (Å²) in [5.74, 6) is -0.477. The Balaban J connectivity index is 2.25. The minimum atomic E-state index is -5.03. The van der Waals surface area contributed by atoms with Crippen molar-refractivity contribution < 1.29 is 58.3 Å². The molecule has 0 spiro atoms. The van der Waals surface area contributed by atoms with Gasteiger partial charge in [0.25, 0.3) is 0 Å². The summed E-state index contributed by atoms with van der Waals surface area (Å²) in [7, 11) is -5.03. The second-order valence-electron chi connectivity index (χ2n) is 21.2. The molecule has 1 saturated carbocycles. The van der Waals surface area contributed by atoms with Crippen LogP contribution < -0.4 is 0 Å². The van der Waals surface area contributed by atoms with Crippen LogP contribution in [0.5, 0.6) is 0 Å². The van der Waals surface area contributed by atoms with E-state index < -0.39 is 63.1 Å². The highest BCUT2D eigenvalue weighted by Gasteiger charge is 2.51. The molecule has 0 aliphatic heterocycles. The molecular formula is C61H113O12P. The lowest BCUT2D eigenvalue weighted by Gasteiger charge is -2.41. The van der Waals surface area contributed by atoms with Crippen LogP contribution >= 0.6 is 7.82 Å². The Hall–Kier alpha value is -1.70. The van der Waals surface area contributed by atoms with Crippen molar-refractivity contribution in [3.63, 3.8) is 0 Å². The number of rotatable bonds is 53. The van der Waals surface area contributed by atoms with Gasteiger partial charge in [0.05, 0.1) is 13.2 Å². The Kier molecular flexibility index (Phi) is 48.3. The number of unbranched alkanes of at least 4 members (excludes halogenated alkanes) is 33. The van der Waals surface area contributed by atoms with E-state index >= 15 is 0 Å². The quantitative estimate of drug-likeness (QED) is 0.0146. The van der Waals surface area contributed by atoms with Crippen molar-refractivity contribution in [1.82, 2.24) is 0 Å². The summed E-state index contributed by atoms with van der Waals surface area (Å²) in [5, 5.41) is 50.5. The molecule has 0 bridgehead atoms. The molecule has 0 saturated heterocycles. The number of allylic oxidation sites excluding steroid dienone is 8. The molecule has 0 amide bonds. The number of carbonyl (C=O) groups excluding carboxylic acids is 1. The molecule has 1 fully saturated rings. The minimum absolute atomic E-state index is 0.0756. The van der Waals surface area contributed by atoms with Crippen LogP contribution in [0.3, 0.4) is 0 Å². The Labute approximate surface area is 452 Å². The van der Waals surface area contributed by atoms with E-state index in [1.807, 2.05) is 0 Å². The first-order chi connectivity index (χ1) is 36.0. The zero-order valence-corrected chi connectivity index (χ0v) is 48.0. The Bertz CT molecular complexity index is 1410. The second-order valence-corrected chi connectivity index (χ2v) is 22.6. The van der Waals surface area contributed by atoms with Crippen molar-refractivity contribution in [2.45, 2.75) is 313 Å². The highest BCUT2D eigenvalue weighted by Crippen LogP contribution is 2.47. The number of ether oxygens (including phenoxy) is 2.